The van der Waals surface area contributed by atoms with Crippen LogP contribution >= 0.6 is 7.82 Å². The van der Waals surface area contributed by atoms with Crippen LogP contribution in [0.5, 0.6) is 0 Å². The average Bonchev–Trinajstić information content (AvgIpc) is 2.82. The quantitative estimate of drug-likeness (QED) is 0.0790. The molecule has 0 aliphatic heterocycles. The second-order valence-electron chi connectivity index (χ2n) is 8.19. The zero-order valence-electron chi connectivity index (χ0n) is 21.3. The van der Waals surface area contributed by atoms with Crippen molar-refractivity contribution in [1.82, 2.24) is 0 Å². The van der Waals surface area contributed by atoms with E-state index in [9.17, 15) is 23.8 Å². The Hall–Kier alpha value is -2.04. The van der Waals surface area contributed by atoms with Crippen LogP contribution in [0.3, 0.4) is 0 Å². The summed E-state index contributed by atoms with van der Waals surface area (Å²) < 4.78 is 31.2. The third kappa shape index (κ3) is 21.3. The Morgan fingerprint density at radius 3 is 2.17 bits per heavy atom. The summed E-state index contributed by atoms with van der Waals surface area (Å²) in [5.74, 6) is -2.61. The molecule has 0 saturated carbocycles. The lowest BCUT2D eigenvalue weighted by Gasteiger charge is -2.20. The molecule has 0 fully saturated rings. The van der Waals surface area contributed by atoms with Gasteiger partial charge in [-0.2, -0.15) is 0 Å². The second-order valence-corrected chi connectivity index (χ2v) is 9.65. The third-order valence-electron chi connectivity index (χ3n) is 4.74. The maximum atomic E-state index is 12.1. The number of hydrogen-bond donors (Lipinski definition) is 3. The highest BCUT2D eigenvalue weighted by Crippen LogP contribution is 2.43. The van der Waals surface area contributed by atoms with E-state index in [1.54, 1.807) is 0 Å². The molecule has 0 aromatic carbocycles. The normalized spacial score (nSPS) is 15.0. The zero-order valence-corrected chi connectivity index (χ0v) is 22.2. The van der Waals surface area contributed by atoms with Crippen LogP contribution < -0.4 is 5.73 Å². The highest BCUT2D eigenvalue weighted by atomic mass is 31.2. The summed E-state index contributed by atoms with van der Waals surface area (Å²) in [6, 6.07) is -1.52. The Kier molecular flexibility index (Phi) is 19.9. The third-order valence-corrected chi connectivity index (χ3v) is 5.69. The fraction of sp³-hybridized carbons (Fsp3) is 0.708. The van der Waals surface area contributed by atoms with Crippen LogP contribution in [0.25, 0.3) is 0 Å². The number of unbranched alkanes of at least 4 members (excludes halogenated alkanes) is 6. The summed E-state index contributed by atoms with van der Waals surface area (Å²) in [5.41, 5.74) is 5.20. The molecule has 4 N–H and O–H groups in total. The number of carbonyl (C=O) groups excluding carboxylic acids is 2. The SMILES string of the molecule is CCC/C=C\C/C=C\CCCCCCCC(=O)OC(COC(C)=O)COP(=O)(O)OCC(N)C(=O)O. The first kappa shape index (κ1) is 34.0. The van der Waals surface area contributed by atoms with Gasteiger partial charge in [0.15, 0.2) is 6.10 Å². The van der Waals surface area contributed by atoms with Crippen LogP contribution in [-0.4, -0.2) is 59.9 Å². The predicted octanol–water partition coefficient (Wildman–Crippen LogP) is 4.04. The van der Waals surface area contributed by atoms with Crippen LogP contribution in [0.2, 0.25) is 0 Å². The van der Waals surface area contributed by atoms with Gasteiger partial charge in [0.1, 0.15) is 12.6 Å². The summed E-state index contributed by atoms with van der Waals surface area (Å²) in [7, 11) is -4.67. The van der Waals surface area contributed by atoms with E-state index in [1.165, 1.54) is 0 Å². The molecule has 0 amide bonds. The molecule has 36 heavy (non-hydrogen) atoms. The minimum absolute atomic E-state index is 0.140. The predicted molar refractivity (Wildman–Crippen MR) is 134 cm³/mol. The van der Waals surface area contributed by atoms with E-state index >= 15 is 0 Å². The molecule has 0 spiro atoms. The summed E-state index contributed by atoms with van der Waals surface area (Å²) >= 11 is 0. The lowest BCUT2D eigenvalue weighted by Crippen LogP contribution is -2.34. The average molecular weight is 536 g/mol. The van der Waals surface area contributed by atoms with Crippen molar-refractivity contribution in [2.24, 2.45) is 5.73 Å². The van der Waals surface area contributed by atoms with Gasteiger partial charge in [0.05, 0.1) is 13.2 Å². The first-order valence-electron chi connectivity index (χ1n) is 12.3. The van der Waals surface area contributed by atoms with Crippen molar-refractivity contribution in [3.8, 4) is 0 Å². The zero-order chi connectivity index (χ0) is 27.2. The van der Waals surface area contributed by atoms with Gasteiger partial charge in [-0.05, 0) is 32.1 Å². The van der Waals surface area contributed by atoms with E-state index in [4.69, 9.17) is 24.8 Å². The number of esters is 2. The maximum Gasteiger partial charge on any atom is 0.472 e. The number of carbonyl (C=O) groups is 3. The summed E-state index contributed by atoms with van der Waals surface area (Å²) in [6.45, 7) is 1.58. The lowest BCUT2D eigenvalue weighted by molar-refractivity contribution is -0.160. The smallest absolute Gasteiger partial charge is 0.472 e. The van der Waals surface area contributed by atoms with Gasteiger partial charge in [0.2, 0.25) is 0 Å². The van der Waals surface area contributed by atoms with Crippen LogP contribution in [0, 0.1) is 0 Å². The maximum absolute atomic E-state index is 12.1. The molecule has 0 saturated heterocycles. The van der Waals surface area contributed by atoms with Gasteiger partial charge >= 0.3 is 25.7 Å². The molecule has 0 aromatic heterocycles. The first-order valence-corrected chi connectivity index (χ1v) is 13.8. The minimum Gasteiger partial charge on any atom is -0.480 e. The molecule has 3 unspecified atom stereocenters. The van der Waals surface area contributed by atoms with Gasteiger partial charge in [-0.15, -0.1) is 0 Å². The van der Waals surface area contributed by atoms with Crippen LogP contribution in [0.4, 0.5) is 0 Å². The Balaban J connectivity index is 4.21. The van der Waals surface area contributed by atoms with Crippen LogP contribution in [0.1, 0.15) is 78.1 Å². The molecule has 0 aliphatic carbocycles. The molecule has 11 nitrogen and oxygen atoms in total. The van der Waals surface area contributed by atoms with Crippen molar-refractivity contribution in [2.45, 2.75) is 90.2 Å². The summed E-state index contributed by atoms with van der Waals surface area (Å²) in [6.07, 6.45) is 16.6. The standard InChI is InChI=1S/C24H42NO10P/c1-3-4-5-6-7-8-9-10-11-12-13-14-15-16-23(27)35-21(17-32-20(2)26)18-33-36(30,31)34-19-22(25)24(28)29/h5-6,8-9,21-22H,3-4,7,10-19,25H2,1-2H3,(H,28,29)(H,30,31)/b6-5-,9-8-. The number of carboxylic acids is 1. The number of carboxylic acid groups (broad SMARTS) is 1. The second kappa shape index (κ2) is 21.1. The monoisotopic (exact) mass is 535 g/mol. The number of phosphoric ester groups is 1. The van der Waals surface area contributed by atoms with E-state index < -0.39 is 51.1 Å². The fourth-order valence-corrected chi connectivity index (χ4v) is 3.55. The molecule has 0 aromatic rings. The van der Waals surface area contributed by atoms with Gasteiger partial charge < -0.3 is 25.2 Å². The topological polar surface area (TPSA) is 172 Å². The number of phosphoric acid groups is 1. The number of aliphatic carboxylic acids is 1. The van der Waals surface area contributed by atoms with Gasteiger partial charge in [-0.3, -0.25) is 23.4 Å². The summed E-state index contributed by atoms with van der Waals surface area (Å²) in [4.78, 5) is 43.5. The van der Waals surface area contributed by atoms with E-state index in [0.29, 0.717) is 6.42 Å². The fourth-order valence-electron chi connectivity index (χ4n) is 2.77. The number of nitrogens with two attached hydrogens (primary N) is 1. The minimum atomic E-state index is -4.67. The van der Waals surface area contributed by atoms with Gasteiger partial charge in [0.25, 0.3) is 0 Å². The molecule has 0 heterocycles. The van der Waals surface area contributed by atoms with E-state index in [-0.39, 0.29) is 13.0 Å². The van der Waals surface area contributed by atoms with Gasteiger partial charge in [0, 0.05) is 13.3 Å². The van der Waals surface area contributed by atoms with Crippen molar-refractivity contribution in [1.29, 1.82) is 0 Å². The Morgan fingerprint density at radius 2 is 1.53 bits per heavy atom. The van der Waals surface area contributed by atoms with Crippen molar-refractivity contribution in [3.05, 3.63) is 24.3 Å². The lowest BCUT2D eigenvalue weighted by atomic mass is 10.1. The first-order chi connectivity index (χ1) is 17.1. The molecule has 0 rings (SSSR count). The highest BCUT2D eigenvalue weighted by molar-refractivity contribution is 7.47. The molecule has 0 aliphatic rings. The van der Waals surface area contributed by atoms with Crippen LogP contribution in [0.15, 0.2) is 24.3 Å². The molecule has 3 atom stereocenters. The van der Waals surface area contributed by atoms with Crippen LogP contribution in [-0.2, 0) is 37.5 Å². The van der Waals surface area contributed by atoms with Crippen molar-refractivity contribution in [3.63, 3.8) is 0 Å². The molecular formula is C24H42NO10P. The van der Waals surface area contributed by atoms with Gasteiger partial charge in [-0.25, -0.2) is 4.57 Å². The number of ether oxygens (including phenoxy) is 2. The number of rotatable bonds is 22. The molecule has 12 heteroatoms. The van der Waals surface area contributed by atoms with Crippen molar-refractivity contribution in [2.75, 3.05) is 19.8 Å². The highest BCUT2D eigenvalue weighted by Gasteiger charge is 2.27. The van der Waals surface area contributed by atoms with Crippen molar-refractivity contribution >= 4 is 25.7 Å². The van der Waals surface area contributed by atoms with Gasteiger partial charge in [-0.1, -0.05) is 56.9 Å². The van der Waals surface area contributed by atoms with Crippen molar-refractivity contribution < 1.29 is 47.5 Å². The molecule has 0 bridgehead atoms. The van der Waals surface area contributed by atoms with E-state index in [1.807, 2.05) is 0 Å². The number of hydrogen-bond acceptors (Lipinski definition) is 9. The molecular weight excluding hydrogens is 493 g/mol. The number of allylic oxidation sites excluding steroid dienone is 4. The van der Waals surface area contributed by atoms with E-state index in [2.05, 4.69) is 35.8 Å². The summed E-state index contributed by atoms with van der Waals surface area (Å²) in [5, 5.41) is 8.68. The largest absolute Gasteiger partial charge is 0.480 e. The Labute approximate surface area is 213 Å². The Morgan fingerprint density at radius 1 is 0.917 bits per heavy atom. The van der Waals surface area contributed by atoms with E-state index in [0.717, 1.165) is 58.3 Å². The molecule has 208 valence electrons. The molecule has 0 radical (unpaired) electrons. The Bertz CT molecular complexity index is 740.